The Labute approximate surface area is 123 Å². The zero-order valence-electron chi connectivity index (χ0n) is 12.5. The first-order valence-electron chi connectivity index (χ1n) is 8.31. The molecule has 2 rings (SSSR count). The van der Waals surface area contributed by atoms with E-state index in [2.05, 4.69) is 24.0 Å². The van der Waals surface area contributed by atoms with Gasteiger partial charge in [-0.05, 0) is 75.3 Å². The fraction of sp³-hybridized carbons (Fsp3) is 1.00. The van der Waals surface area contributed by atoms with Crippen LogP contribution in [0.2, 0.25) is 0 Å². The van der Waals surface area contributed by atoms with Gasteiger partial charge in [0, 0.05) is 12.6 Å². The average Bonchev–Trinajstić information content (AvgIpc) is 2.96. The van der Waals surface area contributed by atoms with Gasteiger partial charge in [0.1, 0.15) is 0 Å². The molecule has 2 nitrogen and oxygen atoms in total. The third-order valence-corrected chi connectivity index (χ3v) is 5.55. The maximum Gasteiger partial charge on any atom is 0.0576 e. The second-order valence-electron chi connectivity index (χ2n) is 6.15. The second-order valence-corrected chi connectivity index (χ2v) is 7.38. The standard InChI is InChI=1S/C16H31NOS/c1-2-9-17-15(5-6-16-4-3-10-18-16)13-14-7-11-19-12-8-14/h14-17H,2-13H2,1H3. The van der Waals surface area contributed by atoms with Crippen molar-refractivity contribution in [2.45, 2.75) is 70.4 Å². The van der Waals surface area contributed by atoms with Crippen molar-refractivity contribution in [3.05, 3.63) is 0 Å². The van der Waals surface area contributed by atoms with Gasteiger partial charge in [0.25, 0.3) is 0 Å². The van der Waals surface area contributed by atoms with Crippen LogP contribution in [-0.4, -0.2) is 36.8 Å². The number of hydrogen-bond acceptors (Lipinski definition) is 3. The van der Waals surface area contributed by atoms with Crippen molar-refractivity contribution in [1.29, 1.82) is 0 Å². The van der Waals surface area contributed by atoms with Gasteiger partial charge in [-0.15, -0.1) is 0 Å². The molecule has 19 heavy (non-hydrogen) atoms. The third-order valence-electron chi connectivity index (χ3n) is 4.50. The van der Waals surface area contributed by atoms with Gasteiger partial charge >= 0.3 is 0 Å². The highest BCUT2D eigenvalue weighted by atomic mass is 32.2. The molecular weight excluding hydrogens is 254 g/mol. The summed E-state index contributed by atoms with van der Waals surface area (Å²) in [7, 11) is 0. The SMILES string of the molecule is CCCNC(CCC1CCCO1)CC1CCSCC1. The molecule has 2 aliphatic rings. The van der Waals surface area contributed by atoms with Crippen LogP contribution < -0.4 is 5.32 Å². The summed E-state index contributed by atoms with van der Waals surface area (Å²) >= 11 is 2.14. The summed E-state index contributed by atoms with van der Waals surface area (Å²) in [6, 6.07) is 0.734. The van der Waals surface area contributed by atoms with E-state index in [9.17, 15) is 0 Å². The molecular formula is C16H31NOS. The molecule has 112 valence electrons. The molecule has 2 saturated heterocycles. The first-order valence-corrected chi connectivity index (χ1v) is 9.46. The Morgan fingerprint density at radius 3 is 2.79 bits per heavy atom. The predicted molar refractivity (Wildman–Crippen MR) is 85.0 cm³/mol. The summed E-state index contributed by atoms with van der Waals surface area (Å²) in [4.78, 5) is 0. The quantitative estimate of drug-likeness (QED) is 0.732. The van der Waals surface area contributed by atoms with Crippen LogP contribution >= 0.6 is 11.8 Å². The minimum atomic E-state index is 0.563. The van der Waals surface area contributed by atoms with Gasteiger partial charge in [-0.3, -0.25) is 0 Å². The summed E-state index contributed by atoms with van der Waals surface area (Å²) < 4.78 is 5.77. The lowest BCUT2D eigenvalue weighted by Crippen LogP contribution is -2.33. The molecule has 2 unspecified atom stereocenters. The number of thioether (sulfide) groups is 1. The van der Waals surface area contributed by atoms with Gasteiger partial charge < -0.3 is 10.1 Å². The first-order chi connectivity index (χ1) is 9.38. The Bertz CT molecular complexity index is 225. The van der Waals surface area contributed by atoms with E-state index in [1.165, 1.54) is 69.4 Å². The summed E-state index contributed by atoms with van der Waals surface area (Å²) in [6.07, 6.45) is 11.2. The van der Waals surface area contributed by atoms with Crippen LogP contribution in [-0.2, 0) is 4.74 Å². The van der Waals surface area contributed by atoms with Crippen molar-refractivity contribution in [2.75, 3.05) is 24.7 Å². The highest BCUT2D eigenvalue weighted by Crippen LogP contribution is 2.28. The average molecular weight is 285 g/mol. The number of ether oxygens (including phenoxy) is 1. The highest BCUT2D eigenvalue weighted by Gasteiger charge is 2.21. The van der Waals surface area contributed by atoms with Crippen molar-refractivity contribution >= 4 is 11.8 Å². The van der Waals surface area contributed by atoms with E-state index in [1.54, 1.807) is 0 Å². The van der Waals surface area contributed by atoms with Crippen LogP contribution in [0.3, 0.4) is 0 Å². The minimum absolute atomic E-state index is 0.563. The lowest BCUT2D eigenvalue weighted by Gasteiger charge is -2.27. The van der Waals surface area contributed by atoms with E-state index in [4.69, 9.17) is 4.74 Å². The zero-order chi connectivity index (χ0) is 13.3. The van der Waals surface area contributed by atoms with E-state index in [-0.39, 0.29) is 0 Å². The Hall–Kier alpha value is 0.270. The molecule has 2 heterocycles. The molecule has 0 aromatic heterocycles. The van der Waals surface area contributed by atoms with Gasteiger partial charge in [0.2, 0.25) is 0 Å². The molecule has 2 aliphatic heterocycles. The van der Waals surface area contributed by atoms with E-state index in [1.807, 2.05) is 0 Å². The first kappa shape index (κ1) is 15.7. The van der Waals surface area contributed by atoms with E-state index < -0.39 is 0 Å². The third kappa shape index (κ3) is 6.05. The molecule has 0 saturated carbocycles. The Kier molecular flexibility index (Phi) is 7.62. The van der Waals surface area contributed by atoms with Crippen molar-refractivity contribution in [3.63, 3.8) is 0 Å². The molecule has 0 aromatic carbocycles. The fourth-order valence-corrected chi connectivity index (χ4v) is 4.50. The van der Waals surface area contributed by atoms with Gasteiger partial charge in [0.05, 0.1) is 6.10 Å². The van der Waals surface area contributed by atoms with E-state index in [0.29, 0.717) is 6.10 Å². The van der Waals surface area contributed by atoms with Crippen LogP contribution in [0.25, 0.3) is 0 Å². The number of rotatable bonds is 8. The van der Waals surface area contributed by atoms with Gasteiger partial charge in [-0.1, -0.05) is 6.92 Å². The van der Waals surface area contributed by atoms with Gasteiger partial charge in [-0.2, -0.15) is 11.8 Å². The Balaban J connectivity index is 1.69. The Morgan fingerprint density at radius 1 is 1.26 bits per heavy atom. The molecule has 0 amide bonds. The van der Waals surface area contributed by atoms with Crippen LogP contribution in [0.4, 0.5) is 0 Å². The molecule has 0 aromatic rings. The van der Waals surface area contributed by atoms with Crippen molar-refractivity contribution in [3.8, 4) is 0 Å². The Morgan fingerprint density at radius 2 is 2.11 bits per heavy atom. The van der Waals surface area contributed by atoms with E-state index in [0.717, 1.165) is 18.6 Å². The molecule has 3 heteroatoms. The topological polar surface area (TPSA) is 21.3 Å². The molecule has 2 fully saturated rings. The molecule has 0 spiro atoms. The summed E-state index contributed by atoms with van der Waals surface area (Å²) in [5.74, 6) is 3.74. The van der Waals surface area contributed by atoms with Crippen molar-refractivity contribution < 1.29 is 4.74 Å². The highest BCUT2D eigenvalue weighted by molar-refractivity contribution is 7.99. The number of hydrogen-bond donors (Lipinski definition) is 1. The maximum atomic E-state index is 5.77. The maximum absolute atomic E-state index is 5.77. The molecule has 1 N–H and O–H groups in total. The van der Waals surface area contributed by atoms with Crippen molar-refractivity contribution in [1.82, 2.24) is 5.32 Å². The predicted octanol–water partition coefficient (Wildman–Crippen LogP) is 3.85. The summed E-state index contributed by atoms with van der Waals surface area (Å²) in [6.45, 7) is 4.44. The smallest absolute Gasteiger partial charge is 0.0576 e. The lowest BCUT2D eigenvalue weighted by molar-refractivity contribution is 0.0985. The monoisotopic (exact) mass is 285 g/mol. The van der Waals surface area contributed by atoms with Crippen LogP contribution in [0.15, 0.2) is 0 Å². The largest absolute Gasteiger partial charge is 0.378 e. The zero-order valence-corrected chi connectivity index (χ0v) is 13.4. The summed E-state index contributed by atoms with van der Waals surface area (Å²) in [5, 5.41) is 3.78. The number of nitrogens with one attached hydrogen (secondary N) is 1. The second kappa shape index (κ2) is 9.25. The molecule has 0 bridgehead atoms. The normalized spacial score (nSPS) is 26.7. The van der Waals surface area contributed by atoms with Gasteiger partial charge in [-0.25, -0.2) is 0 Å². The molecule has 2 atom stereocenters. The van der Waals surface area contributed by atoms with Crippen LogP contribution in [0.1, 0.15) is 58.3 Å². The molecule has 0 radical (unpaired) electrons. The summed E-state index contributed by atoms with van der Waals surface area (Å²) in [5.41, 5.74) is 0. The minimum Gasteiger partial charge on any atom is -0.378 e. The van der Waals surface area contributed by atoms with Crippen LogP contribution in [0, 0.1) is 5.92 Å². The van der Waals surface area contributed by atoms with E-state index >= 15 is 0 Å². The van der Waals surface area contributed by atoms with Gasteiger partial charge in [0.15, 0.2) is 0 Å². The fourth-order valence-electron chi connectivity index (χ4n) is 3.30. The lowest BCUT2D eigenvalue weighted by atomic mass is 9.91. The van der Waals surface area contributed by atoms with Crippen LogP contribution in [0.5, 0.6) is 0 Å². The molecule has 0 aliphatic carbocycles. The van der Waals surface area contributed by atoms with Crippen molar-refractivity contribution in [2.24, 2.45) is 5.92 Å².